The summed E-state index contributed by atoms with van der Waals surface area (Å²) in [6.45, 7) is -0.633. The molecule has 1 rings (SSSR count). The van der Waals surface area contributed by atoms with E-state index < -0.39 is 12.8 Å². The van der Waals surface area contributed by atoms with Crippen LogP contribution in [0.15, 0.2) is 18.2 Å². The molecule has 110 valence electrons. The van der Waals surface area contributed by atoms with Crippen LogP contribution in [0.4, 0.5) is 13.2 Å². The van der Waals surface area contributed by atoms with E-state index in [2.05, 4.69) is 10.1 Å². The van der Waals surface area contributed by atoms with Crippen LogP contribution >= 0.6 is 0 Å². The molecular weight excluding hydrogens is 273 g/mol. The van der Waals surface area contributed by atoms with E-state index >= 15 is 0 Å². The summed E-state index contributed by atoms with van der Waals surface area (Å²) in [5.41, 5.74) is 1.26. The molecular formula is C13H15F3N2O2. The predicted molar refractivity (Wildman–Crippen MR) is 66.3 cm³/mol. The first-order valence-corrected chi connectivity index (χ1v) is 5.88. The Labute approximate surface area is 115 Å². The zero-order valence-electron chi connectivity index (χ0n) is 11.0. The zero-order chi connectivity index (χ0) is 15.0. The van der Waals surface area contributed by atoms with Gasteiger partial charge in [0, 0.05) is 18.7 Å². The number of ether oxygens (including phenoxy) is 2. The standard InChI is InChI=1S/C13H15F3N2O2/c1-19-12-3-2-10(7-17)6-11(12)8-18-4-5-20-9-13(14,15)16/h2-3,6,18H,4-5,8-9H2,1H3. The lowest BCUT2D eigenvalue weighted by atomic mass is 10.1. The molecule has 1 aromatic rings. The van der Waals surface area contributed by atoms with E-state index in [0.717, 1.165) is 5.56 Å². The maximum absolute atomic E-state index is 11.8. The summed E-state index contributed by atoms with van der Waals surface area (Å²) >= 11 is 0. The maximum atomic E-state index is 11.8. The first kappa shape index (κ1) is 16.3. The number of hydrogen-bond donors (Lipinski definition) is 1. The number of benzene rings is 1. The summed E-state index contributed by atoms with van der Waals surface area (Å²) in [4.78, 5) is 0. The molecule has 0 aliphatic heterocycles. The van der Waals surface area contributed by atoms with Crippen molar-refractivity contribution in [2.75, 3.05) is 26.9 Å². The molecule has 0 aliphatic rings. The third-order valence-electron chi connectivity index (χ3n) is 2.41. The summed E-state index contributed by atoms with van der Waals surface area (Å²) < 4.78 is 45.1. The lowest BCUT2D eigenvalue weighted by Gasteiger charge is -2.11. The minimum absolute atomic E-state index is 0.0419. The van der Waals surface area contributed by atoms with Gasteiger partial charge in [0.25, 0.3) is 0 Å². The average molecular weight is 288 g/mol. The van der Waals surface area contributed by atoms with Crippen LogP contribution in [0.25, 0.3) is 0 Å². The molecule has 0 aromatic heterocycles. The van der Waals surface area contributed by atoms with E-state index in [4.69, 9.17) is 10.00 Å². The Balaban J connectivity index is 2.36. The van der Waals surface area contributed by atoms with E-state index in [1.165, 1.54) is 7.11 Å². The fourth-order valence-corrected chi connectivity index (χ4v) is 1.54. The third kappa shape index (κ3) is 5.91. The van der Waals surface area contributed by atoms with E-state index in [0.29, 0.717) is 17.9 Å². The first-order valence-electron chi connectivity index (χ1n) is 5.88. The molecule has 1 aromatic carbocycles. The Morgan fingerprint density at radius 3 is 2.70 bits per heavy atom. The number of nitrogens with zero attached hydrogens (tertiary/aromatic N) is 1. The summed E-state index contributed by atoms with van der Waals surface area (Å²) in [6.07, 6.45) is -4.30. The number of rotatable bonds is 7. The van der Waals surface area contributed by atoms with Crippen LogP contribution in [0.2, 0.25) is 0 Å². The molecule has 0 radical (unpaired) electrons. The van der Waals surface area contributed by atoms with Crippen molar-refractivity contribution >= 4 is 0 Å². The van der Waals surface area contributed by atoms with Crippen LogP contribution in [-0.2, 0) is 11.3 Å². The van der Waals surface area contributed by atoms with Gasteiger partial charge in [0.2, 0.25) is 0 Å². The van der Waals surface area contributed by atoms with Gasteiger partial charge in [-0.25, -0.2) is 0 Å². The van der Waals surface area contributed by atoms with Crippen molar-refractivity contribution < 1.29 is 22.6 Å². The highest BCUT2D eigenvalue weighted by Crippen LogP contribution is 2.19. The highest BCUT2D eigenvalue weighted by molar-refractivity contribution is 5.41. The lowest BCUT2D eigenvalue weighted by Crippen LogP contribution is -2.23. The quantitative estimate of drug-likeness (QED) is 0.782. The molecule has 1 N–H and O–H groups in total. The molecule has 0 atom stereocenters. The number of nitrogens with one attached hydrogen (secondary N) is 1. The van der Waals surface area contributed by atoms with E-state index in [-0.39, 0.29) is 13.2 Å². The Hall–Kier alpha value is -1.78. The van der Waals surface area contributed by atoms with Gasteiger partial charge in [-0.1, -0.05) is 0 Å². The van der Waals surface area contributed by atoms with Crippen molar-refractivity contribution in [3.8, 4) is 11.8 Å². The van der Waals surface area contributed by atoms with Crippen molar-refractivity contribution in [1.29, 1.82) is 5.26 Å². The summed E-state index contributed by atoms with van der Waals surface area (Å²) in [5.74, 6) is 0.618. The molecule has 4 nitrogen and oxygen atoms in total. The topological polar surface area (TPSA) is 54.3 Å². The van der Waals surface area contributed by atoms with Crippen molar-refractivity contribution in [2.45, 2.75) is 12.7 Å². The van der Waals surface area contributed by atoms with Gasteiger partial charge in [0.15, 0.2) is 0 Å². The SMILES string of the molecule is COc1ccc(C#N)cc1CNCCOCC(F)(F)F. The average Bonchev–Trinajstić information content (AvgIpc) is 2.41. The fraction of sp³-hybridized carbons (Fsp3) is 0.462. The molecule has 7 heteroatoms. The van der Waals surface area contributed by atoms with Gasteiger partial charge in [-0.05, 0) is 18.2 Å². The van der Waals surface area contributed by atoms with Gasteiger partial charge < -0.3 is 14.8 Å². The highest BCUT2D eigenvalue weighted by Gasteiger charge is 2.27. The van der Waals surface area contributed by atoms with Gasteiger partial charge in [-0.15, -0.1) is 0 Å². The lowest BCUT2D eigenvalue weighted by molar-refractivity contribution is -0.173. The Bertz CT molecular complexity index is 470. The molecule has 0 saturated carbocycles. The molecule has 0 heterocycles. The van der Waals surface area contributed by atoms with E-state index in [9.17, 15) is 13.2 Å². The minimum Gasteiger partial charge on any atom is -0.496 e. The molecule has 0 saturated heterocycles. The molecule has 0 bridgehead atoms. The first-order chi connectivity index (χ1) is 9.46. The van der Waals surface area contributed by atoms with Gasteiger partial charge in [-0.3, -0.25) is 0 Å². The highest BCUT2D eigenvalue weighted by atomic mass is 19.4. The predicted octanol–water partition coefficient (Wildman–Crippen LogP) is 2.24. The molecule has 0 aliphatic carbocycles. The number of halogens is 3. The number of methoxy groups -OCH3 is 1. The van der Waals surface area contributed by atoms with E-state index in [1.54, 1.807) is 18.2 Å². The number of nitriles is 1. The molecule has 20 heavy (non-hydrogen) atoms. The second-order valence-electron chi connectivity index (χ2n) is 3.98. The van der Waals surface area contributed by atoms with Crippen LogP contribution in [0.5, 0.6) is 5.75 Å². The van der Waals surface area contributed by atoms with Crippen molar-refractivity contribution in [3.05, 3.63) is 29.3 Å². The summed E-state index contributed by atoms with van der Waals surface area (Å²) in [6, 6.07) is 6.99. The van der Waals surface area contributed by atoms with Crippen molar-refractivity contribution in [2.24, 2.45) is 0 Å². The summed E-state index contributed by atoms with van der Waals surface area (Å²) in [5, 5.41) is 11.7. The molecule has 0 fully saturated rings. The molecule has 0 amide bonds. The largest absolute Gasteiger partial charge is 0.496 e. The monoisotopic (exact) mass is 288 g/mol. The smallest absolute Gasteiger partial charge is 0.411 e. The van der Waals surface area contributed by atoms with Crippen molar-refractivity contribution in [3.63, 3.8) is 0 Å². The number of hydrogen-bond acceptors (Lipinski definition) is 4. The van der Waals surface area contributed by atoms with E-state index in [1.807, 2.05) is 6.07 Å². The Morgan fingerprint density at radius 2 is 2.10 bits per heavy atom. The van der Waals surface area contributed by atoms with Gasteiger partial charge in [0.1, 0.15) is 12.4 Å². The van der Waals surface area contributed by atoms with Crippen LogP contribution < -0.4 is 10.1 Å². The normalized spacial score (nSPS) is 11.2. The molecule has 0 unspecified atom stereocenters. The number of alkyl halides is 3. The molecule has 0 spiro atoms. The zero-order valence-corrected chi connectivity index (χ0v) is 11.0. The van der Waals surface area contributed by atoms with Crippen LogP contribution in [0, 0.1) is 11.3 Å². The Morgan fingerprint density at radius 1 is 1.35 bits per heavy atom. The third-order valence-corrected chi connectivity index (χ3v) is 2.41. The van der Waals surface area contributed by atoms with Gasteiger partial charge >= 0.3 is 6.18 Å². The second kappa shape index (κ2) is 7.72. The van der Waals surface area contributed by atoms with Crippen LogP contribution in [-0.4, -0.2) is 33.0 Å². The second-order valence-corrected chi connectivity index (χ2v) is 3.98. The van der Waals surface area contributed by atoms with Crippen LogP contribution in [0.3, 0.4) is 0 Å². The maximum Gasteiger partial charge on any atom is 0.411 e. The Kier molecular flexibility index (Phi) is 6.28. The van der Waals surface area contributed by atoms with Crippen LogP contribution in [0.1, 0.15) is 11.1 Å². The van der Waals surface area contributed by atoms with Gasteiger partial charge in [-0.2, -0.15) is 18.4 Å². The van der Waals surface area contributed by atoms with Gasteiger partial charge in [0.05, 0.1) is 25.3 Å². The minimum atomic E-state index is -4.30. The fourth-order valence-electron chi connectivity index (χ4n) is 1.54. The summed E-state index contributed by atoms with van der Waals surface area (Å²) in [7, 11) is 1.51. The van der Waals surface area contributed by atoms with Crippen molar-refractivity contribution in [1.82, 2.24) is 5.32 Å².